The Bertz CT molecular complexity index is 408. The first-order valence-corrected chi connectivity index (χ1v) is 8.24. The van der Waals surface area contributed by atoms with Gasteiger partial charge >= 0.3 is 0 Å². The zero-order chi connectivity index (χ0) is 14.6. The molecule has 0 aromatic heterocycles. The fourth-order valence-electron chi connectivity index (χ4n) is 3.45. The summed E-state index contributed by atoms with van der Waals surface area (Å²) in [6.07, 6.45) is 6.66. The molecule has 1 aliphatic rings. The van der Waals surface area contributed by atoms with Crippen molar-refractivity contribution in [2.75, 3.05) is 6.54 Å². The van der Waals surface area contributed by atoms with Gasteiger partial charge in [-0.3, -0.25) is 0 Å². The topological polar surface area (TPSA) is 12.0 Å². The van der Waals surface area contributed by atoms with Gasteiger partial charge in [0.1, 0.15) is 0 Å². The van der Waals surface area contributed by atoms with E-state index in [2.05, 4.69) is 57.3 Å². The van der Waals surface area contributed by atoms with Crippen molar-refractivity contribution in [1.82, 2.24) is 5.32 Å². The van der Waals surface area contributed by atoms with Crippen LogP contribution in [0.15, 0.2) is 24.3 Å². The predicted molar refractivity (Wildman–Crippen MR) is 88.1 cm³/mol. The summed E-state index contributed by atoms with van der Waals surface area (Å²) in [7, 11) is 0. The van der Waals surface area contributed by atoms with Gasteiger partial charge in [0.05, 0.1) is 0 Å². The molecule has 2 rings (SSSR count). The molecule has 1 nitrogen and oxygen atoms in total. The van der Waals surface area contributed by atoms with Crippen molar-refractivity contribution in [2.24, 2.45) is 11.3 Å². The van der Waals surface area contributed by atoms with Gasteiger partial charge in [-0.2, -0.15) is 0 Å². The quantitative estimate of drug-likeness (QED) is 0.836. The van der Waals surface area contributed by atoms with E-state index < -0.39 is 0 Å². The van der Waals surface area contributed by atoms with E-state index >= 15 is 0 Å². The molecule has 0 radical (unpaired) electrons. The summed E-state index contributed by atoms with van der Waals surface area (Å²) < 4.78 is 0. The summed E-state index contributed by atoms with van der Waals surface area (Å²) in [4.78, 5) is 0. The molecule has 0 spiro atoms. The number of nitrogens with one attached hydrogen (secondary N) is 1. The molecule has 1 heteroatoms. The average molecular weight is 273 g/mol. The Morgan fingerprint density at radius 1 is 1.10 bits per heavy atom. The summed E-state index contributed by atoms with van der Waals surface area (Å²) in [6.45, 7) is 10.5. The highest BCUT2D eigenvalue weighted by Gasteiger charge is 2.29. The lowest BCUT2D eigenvalue weighted by atomic mass is 9.71. The van der Waals surface area contributed by atoms with Crippen LogP contribution in [0.25, 0.3) is 0 Å². The molecule has 0 aliphatic heterocycles. The molecular formula is C19H31N. The van der Waals surface area contributed by atoms with E-state index in [9.17, 15) is 0 Å². The van der Waals surface area contributed by atoms with E-state index in [0.717, 1.165) is 24.9 Å². The minimum atomic E-state index is 0.493. The first-order valence-electron chi connectivity index (χ1n) is 8.24. The third kappa shape index (κ3) is 4.63. The summed E-state index contributed by atoms with van der Waals surface area (Å²) in [5.74, 6) is 0.914. The van der Waals surface area contributed by atoms with Crippen LogP contribution in [0.5, 0.6) is 0 Å². The molecule has 20 heavy (non-hydrogen) atoms. The third-order valence-electron chi connectivity index (χ3n) is 4.88. The lowest BCUT2D eigenvalue weighted by Gasteiger charge is -2.37. The van der Waals surface area contributed by atoms with E-state index in [0.29, 0.717) is 5.41 Å². The second kappa shape index (κ2) is 6.76. The maximum absolute atomic E-state index is 3.76. The third-order valence-corrected chi connectivity index (χ3v) is 4.88. The second-order valence-corrected chi connectivity index (χ2v) is 7.61. The summed E-state index contributed by atoms with van der Waals surface area (Å²) in [5.41, 5.74) is 3.32. The van der Waals surface area contributed by atoms with Gasteiger partial charge in [-0.15, -0.1) is 0 Å². The molecule has 0 bridgehead atoms. The highest BCUT2D eigenvalue weighted by molar-refractivity contribution is 5.22. The monoisotopic (exact) mass is 273 g/mol. The van der Waals surface area contributed by atoms with Crippen LogP contribution in [0.1, 0.15) is 57.6 Å². The Labute approximate surface area is 125 Å². The van der Waals surface area contributed by atoms with Crippen LogP contribution in [0, 0.1) is 18.3 Å². The molecule has 0 saturated heterocycles. The maximum Gasteiger partial charge on any atom is 0.00674 e. The van der Waals surface area contributed by atoms with Gasteiger partial charge in [0.15, 0.2) is 0 Å². The summed E-state index contributed by atoms with van der Waals surface area (Å²) >= 11 is 0. The van der Waals surface area contributed by atoms with E-state index in [1.165, 1.54) is 36.8 Å². The zero-order valence-corrected chi connectivity index (χ0v) is 13.7. The maximum atomic E-state index is 3.76. The number of hydrogen-bond donors (Lipinski definition) is 1. The van der Waals surface area contributed by atoms with Gasteiger partial charge < -0.3 is 5.32 Å². The molecule has 1 aliphatic carbocycles. The highest BCUT2D eigenvalue weighted by Crippen LogP contribution is 2.37. The van der Waals surface area contributed by atoms with Crippen LogP contribution in [-0.2, 0) is 6.42 Å². The van der Waals surface area contributed by atoms with Gasteiger partial charge in [-0.1, -0.05) is 50.6 Å². The van der Waals surface area contributed by atoms with Gasteiger partial charge in [0, 0.05) is 6.04 Å². The Morgan fingerprint density at radius 3 is 2.40 bits per heavy atom. The van der Waals surface area contributed by atoms with Crippen molar-refractivity contribution in [3.05, 3.63) is 35.4 Å². The Morgan fingerprint density at radius 2 is 1.80 bits per heavy atom. The zero-order valence-electron chi connectivity index (χ0n) is 13.7. The molecule has 0 amide bonds. The number of rotatable bonds is 4. The van der Waals surface area contributed by atoms with Crippen molar-refractivity contribution in [3.8, 4) is 0 Å². The SMILES string of the molecule is Cc1cccc(CCNC2CCC(C(C)(C)C)CC2)c1. The van der Waals surface area contributed by atoms with Gasteiger partial charge in [-0.05, 0) is 62.5 Å². The minimum Gasteiger partial charge on any atom is -0.314 e. The average Bonchev–Trinajstić information content (AvgIpc) is 2.38. The molecule has 112 valence electrons. The molecule has 0 heterocycles. The Kier molecular flexibility index (Phi) is 5.26. The highest BCUT2D eigenvalue weighted by atomic mass is 14.9. The minimum absolute atomic E-state index is 0.493. The fourth-order valence-corrected chi connectivity index (χ4v) is 3.45. The van der Waals surface area contributed by atoms with Crippen LogP contribution >= 0.6 is 0 Å². The summed E-state index contributed by atoms with van der Waals surface area (Å²) in [6, 6.07) is 9.63. The van der Waals surface area contributed by atoms with Crippen LogP contribution in [0.2, 0.25) is 0 Å². The molecular weight excluding hydrogens is 242 g/mol. The molecule has 1 fully saturated rings. The van der Waals surface area contributed by atoms with Crippen LogP contribution in [0.4, 0.5) is 0 Å². The van der Waals surface area contributed by atoms with E-state index in [1.54, 1.807) is 0 Å². The van der Waals surface area contributed by atoms with Crippen LogP contribution < -0.4 is 5.32 Å². The number of aryl methyl sites for hydroxylation is 1. The number of benzene rings is 1. The number of hydrogen-bond acceptors (Lipinski definition) is 1. The fraction of sp³-hybridized carbons (Fsp3) is 0.684. The Balaban J connectivity index is 1.69. The standard InChI is InChI=1S/C19H31N/c1-15-6-5-7-16(14-15)12-13-20-18-10-8-17(9-11-18)19(2,3)4/h5-7,14,17-18,20H,8-13H2,1-4H3. The molecule has 1 aromatic rings. The molecule has 1 aromatic carbocycles. The smallest absolute Gasteiger partial charge is 0.00674 e. The lowest BCUT2D eigenvalue weighted by molar-refractivity contribution is 0.160. The van der Waals surface area contributed by atoms with Crippen molar-refractivity contribution >= 4 is 0 Å². The molecule has 0 atom stereocenters. The predicted octanol–water partition coefficient (Wildman–Crippen LogP) is 4.73. The van der Waals surface area contributed by atoms with Crippen molar-refractivity contribution in [1.29, 1.82) is 0 Å². The van der Waals surface area contributed by atoms with Gasteiger partial charge in [-0.25, -0.2) is 0 Å². The van der Waals surface area contributed by atoms with Crippen molar-refractivity contribution < 1.29 is 0 Å². The molecule has 0 unspecified atom stereocenters. The Hall–Kier alpha value is -0.820. The second-order valence-electron chi connectivity index (χ2n) is 7.61. The van der Waals surface area contributed by atoms with Gasteiger partial charge in [0.25, 0.3) is 0 Å². The van der Waals surface area contributed by atoms with Gasteiger partial charge in [0.2, 0.25) is 0 Å². The first-order chi connectivity index (χ1) is 9.45. The van der Waals surface area contributed by atoms with E-state index in [1.807, 2.05) is 0 Å². The van der Waals surface area contributed by atoms with Crippen LogP contribution in [0.3, 0.4) is 0 Å². The van der Waals surface area contributed by atoms with Crippen molar-refractivity contribution in [3.63, 3.8) is 0 Å². The lowest BCUT2D eigenvalue weighted by Crippen LogP contribution is -2.37. The first kappa shape index (κ1) is 15.6. The molecule has 1 N–H and O–H groups in total. The van der Waals surface area contributed by atoms with Crippen LogP contribution in [-0.4, -0.2) is 12.6 Å². The van der Waals surface area contributed by atoms with E-state index in [-0.39, 0.29) is 0 Å². The normalized spacial score (nSPS) is 23.8. The van der Waals surface area contributed by atoms with E-state index in [4.69, 9.17) is 0 Å². The largest absolute Gasteiger partial charge is 0.314 e. The van der Waals surface area contributed by atoms with Crippen molar-refractivity contribution in [2.45, 2.75) is 65.8 Å². The molecule has 1 saturated carbocycles. The summed E-state index contributed by atoms with van der Waals surface area (Å²) in [5, 5.41) is 3.76.